The molecule has 0 fully saturated rings. The third kappa shape index (κ3) is 7.52. The first kappa shape index (κ1) is 35.8. The van der Waals surface area contributed by atoms with Crippen LogP contribution in [0.3, 0.4) is 0 Å². The van der Waals surface area contributed by atoms with Crippen LogP contribution in [0.2, 0.25) is 0 Å². The summed E-state index contributed by atoms with van der Waals surface area (Å²) >= 11 is 6.30. The number of benzene rings is 2. The Bertz CT molecular complexity index is 2490. The number of rotatable bonds is 13. The van der Waals surface area contributed by atoms with Crippen LogP contribution in [0, 0.1) is 22.7 Å². The van der Waals surface area contributed by atoms with Gasteiger partial charge in [-0.2, -0.15) is 10.5 Å². The molecule has 0 bridgehead atoms. The summed E-state index contributed by atoms with van der Waals surface area (Å²) < 4.78 is 2.45. The summed E-state index contributed by atoms with van der Waals surface area (Å²) in [5, 5.41) is 39.2. The fraction of sp³-hybridized carbons (Fsp3) is 0.143. The summed E-state index contributed by atoms with van der Waals surface area (Å²) in [7, 11) is 0. The van der Waals surface area contributed by atoms with E-state index in [1.54, 1.807) is 34.8 Å². The number of nitrogens with zero attached hydrogens (tertiary/aromatic N) is 3. The second-order valence-electron chi connectivity index (χ2n) is 12.4. The van der Waals surface area contributed by atoms with E-state index in [1.165, 1.54) is 75.9 Å². The summed E-state index contributed by atoms with van der Waals surface area (Å²) in [6.07, 6.45) is 7.52. The van der Waals surface area contributed by atoms with Gasteiger partial charge in [0.15, 0.2) is 0 Å². The van der Waals surface area contributed by atoms with Crippen molar-refractivity contribution in [3.05, 3.63) is 106 Å². The van der Waals surface area contributed by atoms with Gasteiger partial charge in [0.2, 0.25) is 0 Å². The van der Waals surface area contributed by atoms with Gasteiger partial charge in [-0.15, -0.1) is 45.3 Å². The molecule has 0 atom stereocenters. The van der Waals surface area contributed by atoms with Crippen LogP contribution in [0.1, 0.15) is 42.4 Å². The van der Waals surface area contributed by atoms with Crippen molar-refractivity contribution in [2.45, 2.75) is 39.2 Å². The average Bonchev–Trinajstić information content (AvgIpc) is 4.01. The molecule has 53 heavy (non-hydrogen) atoms. The molecular weight excluding hydrogens is 739 g/mol. The highest BCUT2D eigenvalue weighted by atomic mass is 32.1. The third-order valence-corrected chi connectivity index (χ3v) is 13.6. The molecule has 0 aliphatic rings. The predicted octanol–water partition coefficient (Wildman–Crippen LogP) is 12.3. The number of fused-ring (bicyclic) bond motifs is 3. The Kier molecular flexibility index (Phi) is 10.5. The smallest absolute Gasteiger partial charge is 0.346 e. The Morgan fingerprint density at radius 2 is 1.04 bits per heavy atom. The van der Waals surface area contributed by atoms with Crippen molar-refractivity contribution in [2.75, 3.05) is 0 Å². The van der Waals surface area contributed by atoms with Crippen molar-refractivity contribution >= 4 is 91.2 Å². The van der Waals surface area contributed by atoms with Gasteiger partial charge in [0.05, 0.1) is 0 Å². The zero-order chi connectivity index (χ0) is 37.1. The zero-order valence-corrected chi connectivity index (χ0v) is 31.7. The SMILES string of the molecule is CCCCCCn1c2ccc(-c3ccc(-c4ccc(/C=C(\C#N)C(=O)O)s4)s3)cc2c2cc(-c3ccc(-c4ccc(/C=C(\C#N)C(=O)O)s4)s3)ccc21. The monoisotopic (exact) mass is 769 g/mol. The van der Waals surface area contributed by atoms with Gasteiger partial charge >= 0.3 is 11.9 Å². The molecule has 5 aromatic heterocycles. The molecule has 7 nitrogen and oxygen atoms in total. The number of unbranched alkanes of at least 4 members (excludes halogenated alkanes) is 3. The number of carbonyl (C=O) groups is 2. The third-order valence-electron chi connectivity index (χ3n) is 8.90. The second-order valence-corrected chi connectivity index (χ2v) is 16.8. The van der Waals surface area contributed by atoms with E-state index in [4.69, 9.17) is 10.5 Å². The highest BCUT2D eigenvalue weighted by Crippen LogP contribution is 2.43. The predicted molar refractivity (Wildman–Crippen MR) is 219 cm³/mol. The molecule has 7 aromatic rings. The van der Waals surface area contributed by atoms with Gasteiger partial charge in [-0.1, -0.05) is 38.3 Å². The summed E-state index contributed by atoms with van der Waals surface area (Å²) in [6, 6.07) is 33.0. The topological polar surface area (TPSA) is 127 Å². The Morgan fingerprint density at radius 1 is 0.604 bits per heavy atom. The van der Waals surface area contributed by atoms with E-state index in [0.717, 1.165) is 63.1 Å². The lowest BCUT2D eigenvalue weighted by atomic mass is 10.1. The fourth-order valence-corrected chi connectivity index (χ4v) is 10.4. The molecule has 0 saturated heterocycles. The molecule has 0 aliphatic heterocycles. The van der Waals surface area contributed by atoms with Gasteiger partial charge in [0, 0.05) is 67.4 Å². The Labute approximate surface area is 321 Å². The van der Waals surface area contributed by atoms with Crippen LogP contribution in [-0.2, 0) is 16.1 Å². The Morgan fingerprint density at radius 3 is 1.47 bits per heavy atom. The van der Waals surface area contributed by atoms with Crippen molar-refractivity contribution in [2.24, 2.45) is 0 Å². The summed E-state index contributed by atoms with van der Waals surface area (Å²) in [6.45, 7) is 3.17. The lowest BCUT2D eigenvalue weighted by Gasteiger charge is -2.08. The highest BCUT2D eigenvalue weighted by molar-refractivity contribution is 7.24. The number of thiophene rings is 4. The van der Waals surface area contributed by atoms with Crippen LogP contribution in [0.25, 0.3) is 74.3 Å². The van der Waals surface area contributed by atoms with Gasteiger partial charge in [0.25, 0.3) is 0 Å². The normalized spacial score (nSPS) is 12.0. The second kappa shape index (κ2) is 15.6. The average molecular weight is 770 g/mol. The molecule has 0 spiro atoms. The molecule has 262 valence electrons. The number of aryl methyl sites for hydroxylation is 1. The lowest BCUT2D eigenvalue weighted by Crippen LogP contribution is -1.97. The number of carboxylic acids is 2. The van der Waals surface area contributed by atoms with E-state index >= 15 is 0 Å². The molecule has 11 heteroatoms. The first-order chi connectivity index (χ1) is 25.8. The van der Waals surface area contributed by atoms with E-state index in [-0.39, 0.29) is 11.1 Å². The van der Waals surface area contributed by atoms with Gasteiger partial charge < -0.3 is 14.8 Å². The molecule has 7 rings (SSSR count). The van der Waals surface area contributed by atoms with Crippen LogP contribution in [-0.4, -0.2) is 26.7 Å². The number of aromatic nitrogens is 1. The van der Waals surface area contributed by atoms with E-state index in [2.05, 4.69) is 72.2 Å². The van der Waals surface area contributed by atoms with Crippen LogP contribution in [0.5, 0.6) is 0 Å². The summed E-state index contributed by atoms with van der Waals surface area (Å²) in [5.74, 6) is -2.47. The summed E-state index contributed by atoms with van der Waals surface area (Å²) in [4.78, 5) is 30.5. The summed E-state index contributed by atoms with van der Waals surface area (Å²) in [5.41, 5.74) is 4.10. The van der Waals surface area contributed by atoms with Gasteiger partial charge in [-0.25, -0.2) is 9.59 Å². The van der Waals surface area contributed by atoms with Crippen molar-refractivity contribution in [1.29, 1.82) is 10.5 Å². The van der Waals surface area contributed by atoms with Crippen molar-refractivity contribution < 1.29 is 19.8 Å². The molecule has 5 heterocycles. The van der Waals surface area contributed by atoms with Crippen molar-refractivity contribution in [1.82, 2.24) is 4.57 Å². The van der Waals surface area contributed by atoms with Crippen LogP contribution in [0.15, 0.2) is 96.1 Å². The van der Waals surface area contributed by atoms with Gasteiger partial charge in [0.1, 0.15) is 23.3 Å². The molecule has 0 radical (unpaired) electrons. The minimum absolute atomic E-state index is 0.287. The van der Waals surface area contributed by atoms with Crippen molar-refractivity contribution in [3.63, 3.8) is 0 Å². The largest absolute Gasteiger partial charge is 0.477 e. The van der Waals surface area contributed by atoms with Gasteiger partial charge in [-0.3, -0.25) is 0 Å². The first-order valence-corrected chi connectivity index (χ1v) is 20.2. The highest BCUT2D eigenvalue weighted by Gasteiger charge is 2.16. The molecule has 0 aliphatic carbocycles. The van der Waals surface area contributed by atoms with Crippen molar-refractivity contribution in [3.8, 4) is 52.5 Å². The lowest BCUT2D eigenvalue weighted by molar-refractivity contribution is -0.133. The van der Waals surface area contributed by atoms with Crippen LogP contribution < -0.4 is 0 Å². The molecule has 2 N–H and O–H groups in total. The fourth-order valence-electron chi connectivity index (χ4n) is 6.29. The van der Waals surface area contributed by atoms with E-state index in [0.29, 0.717) is 0 Å². The Hall–Kier alpha value is -5.56. The molecular formula is C42H31N3O4S4. The number of carboxylic acid groups (broad SMARTS) is 2. The standard InChI is InChI=1S/C42H31N3O4S4/c1-2-3-4-5-18-45-33-10-6-25(35-14-16-39(52-35)37-12-8-29(50-37)19-27(23-43)41(46)47)21-31(33)32-22-26(7-11-34(32)45)36-15-17-40(53-36)38-13-9-30(51-38)20-28(24-44)42(48)49/h6-17,19-22H,2-5,18H2,1H3,(H,46,47)(H,48,49)/b27-19+,28-20+. The molecule has 0 unspecified atom stereocenters. The number of aliphatic carboxylic acids is 2. The quantitative estimate of drug-likeness (QED) is 0.0683. The van der Waals surface area contributed by atoms with Crippen LogP contribution in [0.4, 0.5) is 0 Å². The number of hydrogen-bond donors (Lipinski definition) is 2. The minimum atomic E-state index is -1.23. The molecule has 0 amide bonds. The molecule has 0 saturated carbocycles. The number of hydrogen-bond acceptors (Lipinski definition) is 8. The maximum absolute atomic E-state index is 11.3. The molecule has 2 aromatic carbocycles. The maximum atomic E-state index is 11.3. The maximum Gasteiger partial charge on any atom is 0.346 e. The minimum Gasteiger partial charge on any atom is -0.477 e. The zero-order valence-electron chi connectivity index (χ0n) is 28.5. The van der Waals surface area contributed by atoms with E-state index in [9.17, 15) is 19.8 Å². The first-order valence-electron chi connectivity index (χ1n) is 16.9. The van der Waals surface area contributed by atoms with Gasteiger partial charge in [-0.05, 0) is 102 Å². The van der Waals surface area contributed by atoms with Crippen LogP contribution >= 0.6 is 45.3 Å². The Balaban J connectivity index is 1.23. The van der Waals surface area contributed by atoms with E-state index < -0.39 is 11.9 Å². The number of nitriles is 2. The van der Waals surface area contributed by atoms with E-state index in [1.807, 2.05) is 24.3 Å².